The number of nitrogens with two attached hydrogens (primary N) is 1. The van der Waals surface area contributed by atoms with Gasteiger partial charge in [0.05, 0.1) is 7.11 Å². The summed E-state index contributed by atoms with van der Waals surface area (Å²) in [6.45, 7) is 0. The van der Waals surface area contributed by atoms with Gasteiger partial charge in [-0.1, -0.05) is 0 Å². The van der Waals surface area contributed by atoms with Crippen LogP contribution in [0.3, 0.4) is 0 Å². The number of esters is 1. The van der Waals surface area contributed by atoms with E-state index >= 15 is 0 Å². The predicted octanol–water partition coefficient (Wildman–Crippen LogP) is -3.03. The van der Waals surface area contributed by atoms with Crippen LogP contribution in [-0.4, -0.2) is 30.7 Å². The van der Waals surface area contributed by atoms with Crippen LogP contribution in [0, 0.1) is 0 Å². The summed E-state index contributed by atoms with van der Waals surface area (Å²) in [4.78, 5) is 21.7. The van der Waals surface area contributed by atoms with Crippen LogP contribution in [0.25, 0.3) is 0 Å². The Hall–Kier alpha value is -2.16. The number of hydrazine groups is 1. The Balaban J connectivity index is 2.61. The summed E-state index contributed by atoms with van der Waals surface area (Å²) in [6.07, 6.45) is 0. The van der Waals surface area contributed by atoms with Gasteiger partial charge in [0.25, 0.3) is 5.84 Å². The number of nitrogens with zero attached hydrogens (tertiary/aromatic N) is 2. The van der Waals surface area contributed by atoms with Crippen LogP contribution in [0.15, 0.2) is 10.2 Å². The number of carbonyl (C=O) groups excluding carboxylic acids is 2. The van der Waals surface area contributed by atoms with Crippen molar-refractivity contribution in [1.29, 1.82) is 0 Å². The average molecular weight is 200 g/mol. The van der Waals surface area contributed by atoms with Gasteiger partial charge in [-0.3, -0.25) is 21.1 Å². The lowest BCUT2D eigenvalue weighted by Crippen LogP contribution is -2.47. The van der Waals surface area contributed by atoms with E-state index in [9.17, 15) is 9.59 Å². The van der Waals surface area contributed by atoms with Gasteiger partial charge < -0.3 is 4.74 Å². The summed E-state index contributed by atoms with van der Waals surface area (Å²) < 4.78 is 4.35. The maximum atomic E-state index is 10.9. The first kappa shape index (κ1) is 9.92. The molecule has 76 valence electrons. The van der Waals surface area contributed by atoms with E-state index in [1.165, 1.54) is 7.11 Å². The zero-order valence-corrected chi connectivity index (χ0v) is 7.20. The van der Waals surface area contributed by atoms with Crippen LogP contribution < -0.4 is 22.1 Å². The lowest BCUT2D eigenvalue weighted by atomic mass is 10.5. The molecule has 0 aromatic heterocycles. The molecule has 9 nitrogen and oxygen atoms in total. The second-order valence-corrected chi connectivity index (χ2v) is 2.11. The fraction of sp³-hybridized carbons (Fsp3) is 0.200. The molecular formula is C5H8N6O3. The van der Waals surface area contributed by atoms with Crippen LogP contribution in [0.4, 0.5) is 0 Å². The molecule has 0 saturated heterocycles. The smallest absolute Gasteiger partial charge is 0.377 e. The number of nitrogens with one attached hydrogen (secondary N) is 3. The van der Waals surface area contributed by atoms with Crippen LogP contribution in [0.2, 0.25) is 0 Å². The lowest BCUT2D eigenvalue weighted by Gasteiger charge is -2.11. The molecule has 0 atom stereocenters. The number of amides is 1. The number of hydrazone groups is 2. The molecule has 9 heteroatoms. The molecule has 0 aliphatic carbocycles. The van der Waals surface area contributed by atoms with Crippen molar-refractivity contribution in [2.75, 3.05) is 7.11 Å². The molecule has 5 N–H and O–H groups in total. The molecule has 0 bridgehead atoms. The molecule has 0 aromatic carbocycles. The van der Waals surface area contributed by atoms with Crippen LogP contribution >= 0.6 is 0 Å². The molecule has 1 rings (SSSR count). The number of methoxy groups -OCH3 is 1. The zero-order valence-electron chi connectivity index (χ0n) is 7.20. The topological polar surface area (TPSA) is 130 Å². The molecule has 0 saturated carbocycles. The Kier molecular flexibility index (Phi) is 2.97. The molecule has 0 spiro atoms. The van der Waals surface area contributed by atoms with Crippen LogP contribution in [0.1, 0.15) is 0 Å². The van der Waals surface area contributed by atoms with E-state index in [4.69, 9.17) is 5.84 Å². The first-order valence-electron chi connectivity index (χ1n) is 3.45. The first-order valence-corrected chi connectivity index (χ1v) is 3.45. The molecule has 0 unspecified atom stereocenters. The minimum absolute atomic E-state index is 0.152. The largest absolute Gasteiger partial charge is 0.463 e. The van der Waals surface area contributed by atoms with E-state index in [1.807, 2.05) is 5.43 Å². The normalized spacial score (nSPS) is 14.1. The summed E-state index contributed by atoms with van der Waals surface area (Å²) in [5.41, 5.74) is 6.27. The van der Waals surface area contributed by atoms with E-state index in [2.05, 4.69) is 25.8 Å². The molecule has 0 radical (unpaired) electrons. The summed E-state index contributed by atoms with van der Waals surface area (Å²) >= 11 is 0. The highest BCUT2D eigenvalue weighted by molar-refractivity contribution is 6.41. The standard InChI is InChI=1S/C5H8N6O3/c1-14-5(13)3-10-8-2(9-11-3)4(12)7-6/h6H2,1H3,(H,7,12)(H,8,9)(H,10,11). The van der Waals surface area contributed by atoms with E-state index in [0.717, 1.165) is 0 Å². The van der Waals surface area contributed by atoms with Gasteiger partial charge in [0.1, 0.15) is 0 Å². The van der Waals surface area contributed by atoms with E-state index in [-0.39, 0.29) is 11.7 Å². The highest BCUT2D eigenvalue weighted by Crippen LogP contribution is 1.85. The first-order chi connectivity index (χ1) is 6.69. The maximum Gasteiger partial charge on any atom is 0.377 e. The van der Waals surface area contributed by atoms with Crippen LogP contribution in [0.5, 0.6) is 0 Å². The Morgan fingerprint density at radius 3 is 2.36 bits per heavy atom. The van der Waals surface area contributed by atoms with Gasteiger partial charge in [0, 0.05) is 0 Å². The van der Waals surface area contributed by atoms with Gasteiger partial charge in [0.2, 0.25) is 5.84 Å². The fourth-order valence-electron chi connectivity index (χ4n) is 0.626. The Morgan fingerprint density at radius 1 is 1.36 bits per heavy atom. The van der Waals surface area contributed by atoms with E-state index < -0.39 is 11.9 Å². The second kappa shape index (κ2) is 4.18. The van der Waals surface area contributed by atoms with Gasteiger partial charge in [-0.2, -0.15) is 0 Å². The maximum absolute atomic E-state index is 10.9. The van der Waals surface area contributed by atoms with Crippen molar-refractivity contribution >= 4 is 23.5 Å². The number of hydrogen-bond acceptors (Lipinski definition) is 8. The third-order valence-corrected chi connectivity index (χ3v) is 1.27. The number of amidine groups is 2. The molecule has 1 heterocycles. The predicted molar refractivity (Wildman–Crippen MR) is 45.5 cm³/mol. The van der Waals surface area contributed by atoms with Crippen molar-refractivity contribution in [2.45, 2.75) is 0 Å². The summed E-state index contributed by atoms with van der Waals surface area (Å²) in [5.74, 6) is 3.17. The lowest BCUT2D eigenvalue weighted by molar-refractivity contribution is -0.133. The minimum atomic E-state index is -0.701. The molecule has 1 aliphatic rings. The van der Waals surface area contributed by atoms with Crippen molar-refractivity contribution in [1.82, 2.24) is 16.3 Å². The van der Waals surface area contributed by atoms with Crippen molar-refractivity contribution in [3.05, 3.63) is 0 Å². The van der Waals surface area contributed by atoms with Gasteiger partial charge in [-0.15, -0.1) is 10.2 Å². The van der Waals surface area contributed by atoms with E-state index in [1.54, 1.807) is 0 Å². The molecular weight excluding hydrogens is 192 g/mol. The van der Waals surface area contributed by atoms with Gasteiger partial charge in [0.15, 0.2) is 0 Å². The van der Waals surface area contributed by atoms with Crippen molar-refractivity contribution in [2.24, 2.45) is 16.0 Å². The SMILES string of the molecule is COC(=O)C1=NNC(C(=O)NN)=NN1. The third-order valence-electron chi connectivity index (χ3n) is 1.27. The summed E-state index contributed by atoms with van der Waals surface area (Å²) in [6, 6.07) is 0. The highest BCUT2D eigenvalue weighted by Gasteiger charge is 2.18. The fourth-order valence-corrected chi connectivity index (χ4v) is 0.626. The molecule has 1 aliphatic heterocycles. The molecule has 0 fully saturated rings. The number of rotatable bonds is 2. The van der Waals surface area contributed by atoms with Crippen molar-refractivity contribution in [3.63, 3.8) is 0 Å². The number of carbonyl (C=O) groups is 2. The Bertz CT molecular complexity index is 289. The Morgan fingerprint density at radius 2 is 1.93 bits per heavy atom. The highest BCUT2D eigenvalue weighted by atomic mass is 16.5. The monoisotopic (exact) mass is 200 g/mol. The quantitative estimate of drug-likeness (QED) is 0.162. The van der Waals surface area contributed by atoms with Crippen molar-refractivity contribution < 1.29 is 14.3 Å². The van der Waals surface area contributed by atoms with E-state index in [0.29, 0.717) is 0 Å². The van der Waals surface area contributed by atoms with Crippen LogP contribution in [-0.2, 0) is 14.3 Å². The average Bonchev–Trinajstić information content (AvgIpc) is 2.27. The zero-order chi connectivity index (χ0) is 10.6. The number of ether oxygens (including phenoxy) is 1. The summed E-state index contributed by atoms with van der Waals surface area (Å²) in [5, 5.41) is 6.97. The Labute approximate surface area is 78.3 Å². The second-order valence-electron chi connectivity index (χ2n) is 2.11. The third kappa shape index (κ3) is 1.95. The van der Waals surface area contributed by atoms with Gasteiger partial charge in [-0.05, 0) is 0 Å². The van der Waals surface area contributed by atoms with Crippen molar-refractivity contribution in [3.8, 4) is 0 Å². The molecule has 14 heavy (non-hydrogen) atoms. The molecule has 0 aromatic rings. The minimum Gasteiger partial charge on any atom is -0.463 e. The molecule has 1 amide bonds. The van der Waals surface area contributed by atoms with Gasteiger partial charge >= 0.3 is 11.9 Å². The van der Waals surface area contributed by atoms with Gasteiger partial charge in [-0.25, -0.2) is 10.6 Å². The summed E-state index contributed by atoms with van der Waals surface area (Å²) in [7, 11) is 1.19. The number of hydrogen-bond donors (Lipinski definition) is 4.